The summed E-state index contributed by atoms with van der Waals surface area (Å²) >= 11 is 12.4. The zero-order valence-electron chi connectivity index (χ0n) is 25.4. The van der Waals surface area contributed by atoms with E-state index in [1.54, 1.807) is 48.5 Å². The highest BCUT2D eigenvalue weighted by molar-refractivity contribution is 7.92. The fourth-order valence-electron chi connectivity index (χ4n) is 5.79. The van der Waals surface area contributed by atoms with E-state index >= 15 is 0 Å². The van der Waals surface area contributed by atoms with Crippen molar-refractivity contribution in [2.75, 3.05) is 10.8 Å². The number of sulfonamides is 1. The summed E-state index contributed by atoms with van der Waals surface area (Å²) in [5.74, 6) is -0.793. The Labute approximate surface area is 281 Å². The molecule has 1 atom stereocenters. The van der Waals surface area contributed by atoms with Crippen molar-refractivity contribution in [2.24, 2.45) is 0 Å². The van der Waals surface area contributed by atoms with Gasteiger partial charge in [0.15, 0.2) is 0 Å². The largest absolute Gasteiger partial charge is 0.352 e. The first-order chi connectivity index (χ1) is 22.2. The van der Waals surface area contributed by atoms with Crippen LogP contribution in [-0.4, -0.2) is 43.8 Å². The van der Waals surface area contributed by atoms with Crippen molar-refractivity contribution >= 4 is 50.7 Å². The van der Waals surface area contributed by atoms with Gasteiger partial charge in [-0.1, -0.05) is 103 Å². The number of carbonyl (C=O) groups is 2. The lowest BCUT2D eigenvalue weighted by atomic mass is 9.94. The van der Waals surface area contributed by atoms with Gasteiger partial charge in [0.2, 0.25) is 11.8 Å². The quantitative estimate of drug-likeness (QED) is 0.171. The number of rotatable bonds is 12. The van der Waals surface area contributed by atoms with Crippen molar-refractivity contribution in [1.29, 1.82) is 0 Å². The number of nitrogens with zero attached hydrogens (tertiary/aromatic N) is 2. The number of para-hydroxylation sites is 1. The minimum atomic E-state index is -4.20. The molecule has 0 heterocycles. The fourth-order valence-corrected chi connectivity index (χ4v) is 7.54. The van der Waals surface area contributed by atoms with E-state index in [0.29, 0.717) is 15.7 Å². The van der Waals surface area contributed by atoms with Gasteiger partial charge in [-0.05, 0) is 72.5 Å². The molecular formula is C36H37Cl2N3O4S. The number of hydrogen-bond acceptors (Lipinski definition) is 4. The van der Waals surface area contributed by atoms with Gasteiger partial charge in [0, 0.05) is 29.1 Å². The van der Waals surface area contributed by atoms with Gasteiger partial charge >= 0.3 is 0 Å². The molecule has 0 bridgehead atoms. The van der Waals surface area contributed by atoms with E-state index in [4.69, 9.17) is 23.2 Å². The molecule has 4 aromatic carbocycles. The van der Waals surface area contributed by atoms with E-state index in [9.17, 15) is 18.0 Å². The SMILES string of the molecule is O=C(NC1CCCCC1)C(Cc1ccccc1)N(Cc1cccc(Cl)c1)C(=O)CN(c1ccccc1)S(=O)(=O)c1ccc(Cl)cc1. The molecule has 10 heteroatoms. The third kappa shape index (κ3) is 8.69. The molecule has 46 heavy (non-hydrogen) atoms. The number of anilines is 1. The molecule has 1 aliphatic carbocycles. The molecule has 1 fully saturated rings. The number of hydrogen-bond donors (Lipinski definition) is 1. The Bertz CT molecular complexity index is 1720. The predicted molar refractivity (Wildman–Crippen MR) is 183 cm³/mol. The van der Waals surface area contributed by atoms with Crippen LogP contribution in [0.2, 0.25) is 10.0 Å². The van der Waals surface area contributed by atoms with E-state index in [2.05, 4.69) is 5.32 Å². The summed E-state index contributed by atoms with van der Waals surface area (Å²) in [6.07, 6.45) is 5.22. The maximum Gasteiger partial charge on any atom is 0.264 e. The molecule has 1 saturated carbocycles. The Kier molecular flexibility index (Phi) is 11.4. The monoisotopic (exact) mass is 677 g/mol. The normalized spacial score (nSPS) is 14.3. The van der Waals surface area contributed by atoms with Crippen LogP contribution in [0.4, 0.5) is 5.69 Å². The maximum atomic E-state index is 14.6. The summed E-state index contributed by atoms with van der Waals surface area (Å²) in [5.41, 5.74) is 1.92. The standard InChI is InChI=1S/C36H37Cl2N3O4S/c37-29-19-21-33(22-20-29)46(44,45)41(32-17-8-3-9-18-32)26-35(42)40(25-28-13-10-14-30(38)23-28)34(24-27-11-4-1-5-12-27)36(43)39-31-15-6-2-7-16-31/h1,3-5,8-14,17-23,31,34H,2,6-7,15-16,24-26H2,(H,39,43). The van der Waals surface area contributed by atoms with Gasteiger partial charge in [0.25, 0.3) is 10.0 Å². The Morgan fingerprint density at radius 2 is 1.39 bits per heavy atom. The molecule has 2 amide bonds. The summed E-state index contributed by atoms with van der Waals surface area (Å²) in [7, 11) is -4.20. The first kappa shape index (κ1) is 33.5. The summed E-state index contributed by atoms with van der Waals surface area (Å²) < 4.78 is 29.2. The topological polar surface area (TPSA) is 86.8 Å². The average molecular weight is 679 g/mol. The minimum Gasteiger partial charge on any atom is -0.352 e. The van der Waals surface area contributed by atoms with Crippen LogP contribution in [0.15, 0.2) is 114 Å². The van der Waals surface area contributed by atoms with Gasteiger partial charge in [-0.2, -0.15) is 0 Å². The first-order valence-corrected chi connectivity index (χ1v) is 17.6. The van der Waals surface area contributed by atoms with Gasteiger partial charge in [-0.15, -0.1) is 0 Å². The Balaban J connectivity index is 1.55. The fraction of sp³-hybridized carbons (Fsp3) is 0.278. The maximum absolute atomic E-state index is 14.6. The molecule has 4 aromatic rings. The molecule has 0 aliphatic heterocycles. The van der Waals surface area contributed by atoms with Gasteiger partial charge in [-0.3, -0.25) is 13.9 Å². The molecule has 0 spiro atoms. The molecule has 1 aliphatic rings. The number of carbonyl (C=O) groups excluding carboxylic acids is 2. The Morgan fingerprint density at radius 3 is 2.04 bits per heavy atom. The van der Waals surface area contributed by atoms with Crippen LogP contribution < -0.4 is 9.62 Å². The molecule has 1 N–H and O–H groups in total. The zero-order chi connectivity index (χ0) is 32.5. The van der Waals surface area contributed by atoms with E-state index in [1.807, 2.05) is 36.4 Å². The van der Waals surface area contributed by atoms with Gasteiger partial charge in [0.1, 0.15) is 12.6 Å². The van der Waals surface area contributed by atoms with Crippen LogP contribution in [0.1, 0.15) is 43.2 Å². The van der Waals surface area contributed by atoms with Gasteiger partial charge in [-0.25, -0.2) is 8.42 Å². The summed E-state index contributed by atoms with van der Waals surface area (Å²) in [6.45, 7) is -0.476. The van der Waals surface area contributed by atoms with E-state index in [1.165, 1.54) is 29.2 Å². The van der Waals surface area contributed by atoms with Crippen LogP contribution in [-0.2, 0) is 32.6 Å². The highest BCUT2D eigenvalue weighted by atomic mass is 35.5. The smallest absolute Gasteiger partial charge is 0.264 e. The van der Waals surface area contributed by atoms with E-state index < -0.39 is 28.5 Å². The molecule has 0 radical (unpaired) electrons. The highest BCUT2D eigenvalue weighted by Gasteiger charge is 2.35. The van der Waals surface area contributed by atoms with Crippen LogP contribution in [0.3, 0.4) is 0 Å². The lowest BCUT2D eigenvalue weighted by Gasteiger charge is -2.35. The highest BCUT2D eigenvalue weighted by Crippen LogP contribution is 2.26. The van der Waals surface area contributed by atoms with Crippen molar-refractivity contribution in [1.82, 2.24) is 10.2 Å². The summed E-state index contributed by atoms with van der Waals surface area (Å²) in [6, 6.07) is 30.0. The van der Waals surface area contributed by atoms with Crippen molar-refractivity contribution in [3.8, 4) is 0 Å². The second kappa shape index (κ2) is 15.6. The average Bonchev–Trinajstić information content (AvgIpc) is 3.06. The number of nitrogens with one attached hydrogen (secondary N) is 1. The lowest BCUT2D eigenvalue weighted by molar-refractivity contribution is -0.140. The lowest BCUT2D eigenvalue weighted by Crippen LogP contribution is -2.55. The third-order valence-electron chi connectivity index (χ3n) is 8.19. The van der Waals surface area contributed by atoms with Crippen molar-refractivity contribution < 1.29 is 18.0 Å². The van der Waals surface area contributed by atoms with Crippen molar-refractivity contribution in [3.05, 3.63) is 130 Å². The van der Waals surface area contributed by atoms with Crippen molar-refractivity contribution in [3.63, 3.8) is 0 Å². The number of amides is 2. The van der Waals surface area contributed by atoms with Crippen LogP contribution >= 0.6 is 23.2 Å². The van der Waals surface area contributed by atoms with Gasteiger partial charge < -0.3 is 10.2 Å². The van der Waals surface area contributed by atoms with E-state index in [-0.39, 0.29) is 29.8 Å². The van der Waals surface area contributed by atoms with Gasteiger partial charge in [0.05, 0.1) is 10.6 Å². The minimum absolute atomic E-state index is 0.00850. The van der Waals surface area contributed by atoms with E-state index in [0.717, 1.165) is 47.5 Å². The Morgan fingerprint density at radius 1 is 0.761 bits per heavy atom. The second-order valence-corrected chi connectivity index (χ2v) is 14.2. The molecule has 1 unspecified atom stereocenters. The number of halogens is 2. The summed E-state index contributed by atoms with van der Waals surface area (Å²) in [5, 5.41) is 4.10. The predicted octanol–water partition coefficient (Wildman–Crippen LogP) is 7.28. The Hall–Kier alpha value is -3.85. The molecule has 0 saturated heterocycles. The first-order valence-electron chi connectivity index (χ1n) is 15.4. The van der Waals surface area contributed by atoms with Crippen LogP contribution in [0, 0.1) is 0 Å². The molecule has 0 aromatic heterocycles. The summed E-state index contributed by atoms with van der Waals surface area (Å²) in [4.78, 5) is 30.2. The number of benzene rings is 4. The molecule has 240 valence electrons. The second-order valence-electron chi connectivity index (χ2n) is 11.5. The third-order valence-corrected chi connectivity index (χ3v) is 10.5. The van der Waals surface area contributed by atoms with Crippen LogP contribution in [0.25, 0.3) is 0 Å². The van der Waals surface area contributed by atoms with Crippen molar-refractivity contribution in [2.45, 2.75) is 62.0 Å². The molecule has 5 rings (SSSR count). The molecule has 7 nitrogen and oxygen atoms in total. The molecular weight excluding hydrogens is 641 g/mol. The zero-order valence-corrected chi connectivity index (χ0v) is 27.7. The van der Waals surface area contributed by atoms with Crippen LogP contribution in [0.5, 0.6) is 0 Å².